The maximum absolute atomic E-state index is 12.8. The van der Waals surface area contributed by atoms with E-state index in [0.29, 0.717) is 0 Å². The van der Waals surface area contributed by atoms with Crippen molar-refractivity contribution in [1.82, 2.24) is 0 Å². The third-order valence-electron chi connectivity index (χ3n) is 4.46. The number of nitro benzene ring substituents is 1. The molecule has 0 radical (unpaired) electrons. The zero-order valence-electron chi connectivity index (χ0n) is 15.1. The summed E-state index contributed by atoms with van der Waals surface area (Å²) in [4.78, 5) is 47.8. The number of rotatable bonds is 5. The fourth-order valence-corrected chi connectivity index (χ4v) is 3.09. The highest BCUT2D eigenvalue weighted by molar-refractivity contribution is 6.34. The zero-order valence-corrected chi connectivity index (χ0v) is 15.1. The Morgan fingerprint density at radius 2 is 1.57 bits per heavy atom. The molecule has 0 spiro atoms. The third-order valence-corrected chi connectivity index (χ3v) is 4.46. The summed E-state index contributed by atoms with van der Waals surface area (Å²) in [6.07, 6.45) is 0. The van der Waals surface area contributed by atoms with Gasteiger partial charge in [0.15, 0.2) is 0 Å². The first kappa shape index (κ1) is 18.8. The summed E-state index contributed by atoms with van der Waals surface area (Å²) >= 11 is 0. The van der Waals surface area contributed by atoms with Gasteiger partial charge in [0.2, 0.25) is 0 Å². The lowest BCUT2D eigenvalue weighted by Crippen LogP contribution is -2.30. The van der Waals surface area contributed by atoms with Crippen LogP contribution >= 0.6 is 0 Å². The van der Waals surface area contributed by atoms with Crippen LogP contribution in [0.5, 0.6) is 11.5 Å². The maximum atomic E-state index is 12.8. The molecular weight excluding hydrogens is 392 g/mol. The Kier molecular flexibility index (Phi) is 4.47. The van der Waals surface area contributed by atoms with Gasteiger partial charge in [0.05, 0.1) is 33.8 Å². The van der Waals surface area contributed by atoms with Crippen LogP contribution in [0.3, 0.4) is 0 Å². The predicted octanol–water partition coefficient (Wildman–Crippen LogP) is 2.55. The summed E-state index contributed by atoms with van der Waals surface area (Å²) in [7, 11) is 0. The van der Waals surface area contributed by atoms with Crippen molar-refractivity contribution in [2.24, 2.45) is 0 Å². The molecule has 9 heteroatoms. The summed E-state index contributed by atoms with van der Waals surface area (Å²) in [6.45, 7) is 0. The highest BCUT2D eigenvalue weighted by Crippen LogP contribution is 2.33. The molecular formula is C21H11N2O7-. The Labute approximate surface area is 168 Å². The monoisotopic (exact) mass is 403 g/mol. The lowest BCUT2D eigenvalue weighted by atomic mass is 10.1. The topological polar surface area (TPSA) is 130 Å². The number of hydrogen-bond acceptors (Lipinski definition) is 7. The molecule has 148 valence electrons. The molecule has 0 aliphatic carbocycles. The molecule has 2 amide bonds. The van der Waals surface area contributed by atoms with Crippen LogP contribution in [0, 0.1) is 10.1 Å². The molecule has 0 saturated carbocycles. The number of anilines is 1. The molecule has 0 saturated heterocycles. The third kappa shape index (κ3) is 3.24. The van der Waals surface area contributed by atoms with Gasteiger partial charge in [0.25, 0.3) is 17.5 Å². The van der Waals surface area contributed by atoms with Crippen molar-refractivity contribution in [3.8, 4) is 11.5 Å². The number of benzene rings is 3. The second kappa shape index (κ2) is 7.13. The highest BCUT2D eigenvalue weighted by atomic mass is 16.6. The van der Waals surface area contributed by atoms with Crippen LogP contribution < -0.4 is 14.7 Å². The van der Waals surface area contributed by atoms with E-state index in [2.05, 4.69) is 0 Å². The van der Waals surface area contributed by atoms with Crippen molar-refractivity contribution in [1.29, 1.82) is 0 Å². The number of ether oxygens (including phenoxy) is 1. The first-order valence-electron chi connectivity index (χ1n) is 8.62. The van der Waals surface area contributed by atoms with E-state index in [1.165, 1.54) is 66.7 Å². The molecule has 3 aromatic rings. The van der Waals surface area contributed by atoms with Crippen LogP contribution in [-0.2, 0) is 0 Å². The SMILES string of the molecule is O=C([O-])c1cccc(N2C(=O)c3ccc(Oc4cccc([N+](=O)[O-])c4)cc3C2=O)c1. The normalized spacial score (nSPS) is 12.6. The van der Waals surface area contributed by atoms with E-state index >= 15 is 0 Å². The summed E-state index contributed by atoms with van der Waals surface area (Å²) in [6, 6.07) is 15.1. The molecule has 0 bridgehead atoms. The molecule has 30 heavy (non-hydrogen) atoms. The average Bonchev–Trinajstić information content (AvgIpc) is 2.98. The first-order chi connectivity index (χ1) is 14.3. The number of carbonyl (C=O) groups excluding carboxylic acids is 3. The number of carboxylic acids is 1. The lowest BCUT2D eigenvalue weighted by molar-refractivity contribution is -0.384. The van der Waals surface area contributed by atoms with Crippen molar-refractivity contribution < 1.29 is 29.2 Å². The molecule has 0 atom stereocenters. The number of nitrogens with zero attached hydrogens (tertiary/aromatic N) is 2. The minimum absolute atomic E-state index is 0.0711. The standard InChI is InChI=1S/C21H12N2O7/c24-19-17-8-7-16(30-15-6-2-5-14(10-15)23(28)29)11-18(17)20(25)22(19)13-4-1-3-12(9-13)21(26)27/h1-11H,(H,26,27)/p-1. The molecule has 1 aliphatic heterocycles. The fourth-order valence-electron chi connectivity index (χ4n) is 3.09. The van der Waals surface area contributed by atoms with Gasteiger partial charge in [-0.15, -0.1) is 0 Å². The van der Waals surface area contributed by atoms with E-state index in [9.17, 15) is 29.6 Å². The van der Waals surface area contributed by atoms with Gasteiger partial charge in [-0.25, -0.2) is 4.90 Å². The minimum Gasteiger partial charge on any atom is -0.545 e. The number of hydrogen-bond donors (Lipinski definition) is 0. The Morgan fingerprint density at radius 1 is 0.867 bits per heavy atom. The van der Waals surface area contributed by atoms with Crippen molar-refractivity contribution in [3.63, 3.8) is 0 Å². The lowest BCUT2D eigenvalue weighted by Gasteiger charge is -2.15. The predicted molar refractivity (Wildman–Crippen MR) is 102 cm³/mol. The molecule has 1 aliphatic rings. The van der Waals surface area contributed by atoms with E-state index in [-0.39, 0.29) is 39.6 Å². The minimum atomic E-state index is -1.43. The van der Waals surface area contributed by atoms with Crippen LogP contribution in [0.4, 0.5) is 11.4 Å². The maximum Gasteiger partial charge on any atom is 0.273 e. The molecule has 0 aromatic heterocycles. The van der Waals surface area contributed by atoms with Crippen molar-refractivity contribution in [3.05, 3.63) is 93.5 Å². The van der Waals surface area contributed by atoms with Gasteiger partial charge in [-0.2, -0.15) is 0 Å². The van der Waals surface area contributed by atoms with Gasteiger partial charge in [0.1, 0.15) is 11.5 Å². The van der Waals surface area contributed by atoms with Crippen LogP contribution in [0.2, 0.25) is 0 Å². The number of nitro groups is 1. The van der Waals surface area contributed by atoms with E-state index < -0.39 is 22.7 Å². The van der Waals surface area contributed by atoms with Gasteiger partial charge < -0.3 is 14.6 Å². The summed E-state index contributed by atoms with van der Waals surface area (Å²) in [5, 5.41) is 22.0. The quantitative estimate of drug-likeness (QED) is 0.363. The van der Waals surface area contributed by atoms with Crippen LogP contribution in [0.15, 0.2) is 66.7 Å². The van der Waals surface area contributed by atoms with Gasteiger partial charge in [-0.05, 0) is 42.0 Å². The van der Waals surface area contributed by atoms with Gasteiger partial charge in [-0.1, -0.05) is 18.2 Å². The van der Waals surface area contributed by atoms with Crippen molar-refractivity contribution in [2.75, 3.05) is 4.90 Å². The number of aromatic carboxylic acids is 1. The smallest absolute Gasteiger partial charge is 0.273 e. The highest BCUT2D eigenvalue weighted by Gasteiger charge is 2.37. The van der Waals surface area contributed by atoms with Crippen molar-refractivity contribution >= 4 is 29.2 Å². The Balaban J connectivity index is 1.65. The van der Waals surface area contributed by atoms with Crippen molar-refractivity contribution in [2.45, 2.75) is 0 Å². The summed E-state index contributed by atoms with van der Waals surface area (Å²) < 4.78 is 5.60. The molecule has 1 heterocycles. The van der Waals surface area contributed by atoms with Gasteiger partial charge in [0, 0.05) is 6.07 Å². The number of amides is 2. The Bertz CT molecular complexity index is 1240. The van der Waals surface area contributed by atoms with E-state index in [0.717, 1.165) is 4.90 Å². The first-order valence-corrected chi connectivity index (χ1v) is 8.62. The largest absolute Gasteiger partial charge is 0.545 e. The molecule has 9 nitrogen and oxygen atoms in total. The van der Waals surface area contributed by atoms with Gasteiger partial charge in [-0.3, -0.25) is 19.7 Å². The number of fused-ring (bicyclic) bond motifs is 1. The van der Waals surface area contributed by atoms with Crippen LogP contribution in [0.1, 0.15) is 31.1 Å². The summed E-state index contributed by atoms with van der Waals surface area (Å²) in [5.74, 6) is -2.27. The van der Waals surface area contributed by atoms with E-state index in [4.69, 9.17) is 4.74 Å². The number of non-ortho nitro benzene ring substituents is 1. The number of imide groups is 1. The molecule has 0 unspecified atom stereocenters. The zero-order chi connectivity index (χ0) is 21.4. The molecule has 4 rings (SSSR count). The van der Waals surface area contributed by atoms with Crippen LogP contribution in [-0.4, -0.2) is 22.7 Å². The second-order valence-corrected chi connectivity index (χ2v) is 6.35. The molecule has 3 aromatic carbocycles. The molecule has 0 N–H and O–H groups in total. The fraction of sp³-hybridized carbons (Fsp3) is 0. The van der Waals surface area contributed by atoms with E-state index in [1.807, 2.05) is 0 Å². The average molecular weight is 403 g/mol. The second-order valence-electron chi connectivity index (χ2n) is 6.35. The summed E-state index contributed by atoms with van der Waals surface area (Å²) in [5.41, 5.74) is -0.0197. The molecule has 0 fully saturated rings. The number of carbonyl (C=O) groups is 3. The van der Waals surface area contributed by atoms with Crippen LogP contribution in [0.25, 0.3) is 0 Å². The number of carboxylic acid groups (broad SMARTS) is 1. The Hall–Kier alpha value is -4.53. The van der Waals surface area contributed by atoms with E-state index in [1.54, 1.807) is 0 Å². The van der Waals surface area contributed by atoms with Gasteiger partial charge >= 0.3 is 0 Å². The Morgan fingerprint density at radius 3 is 2.30 bits per heavy atom.